The second-order valence-corrected chi connectivity index (χ2v) is 7.55. The molecule has 1 aliphatic rings. The Morgan fingerprint density at radius 2 is 1.95 bits per heavy atom. The normalized spacial score (nSPS) is 20.4. The third kappa shape index (κ3) is 2.43. The molecule has 20 heavy (non-hydrogen) atoms. The fourth-order valence-electron chi connectivity index (χ4n) is 2.54. The van der Waals surface area contributed by atoms with Crippen LogP contribution in [0, 0.1) is 0 Å². The number of rotatable bonds is 3. The number of hydrogen-bond donors (Lipinski definition) is 0. The van der Waals surface area contributed by atoms with E-state index in [2.05, 4.69) is 15.9 Å². The van der Waals surface area contributed by atoms with Crippen molar-refractivity contribution in [3.05, 3.63) is 52.9 Å². The van der Waals surface area contributed by atoms with Gasteiger partial charge in [0.25, 0.3) is 0 Å². The van der Waals surface area contributed by atoms with E-state index in [1.54, 1.807) is 36.6 Å². The molecule has 2 heterocycles. The summed E-state index contributed by atoms with van der Waals surface area (Å²) in [5.41, 5.74) is 0. The largest absolute Gasteiger partial charge is 0.468 e. The molecule has 1 saturated heterocycles. The van der Waals surface area contributed by atoms with E-state index in [4.69, 9.17) is 4.42 Å². The molecule has 1 atom stereocenters. The van der Waals surface area contributed by atoms with E-state index in [0.717, 1.165) is 17.3 Å². The summed E-state index contributed by atoms with van der Waals surface area (Å²) in [6.07, 6.45) is 3.22. The first-order valence-electron chi connectivity index (χ1n) is 6.40. The van der Waals surface area contributed by atoms with Crippen LogP contribution in [0.3, 0.4) is 0 Å². The van der Waals surface area contributed by atoms with Crippen LogP contribution in [0.2, 0.25) is 0 Å². The highest BCUT2D eigenvalue weighted by molar-refractivity contribution is 9.10. The highest BCUT2D eigenvalue weighted by Gasteiger charge is 2.37. The zero-order valence-corrected chi connectivity index (χ0v) is 13.1. The molecule has 1 fully saturated rings. The molecule has 0 aliphatic carbocycles. The summed E-state index contributed by atoms with van der Waals surface area (Å²) in [5.74, 6) is 0.711. The first-order chi connectivity index (χ1) is 9.59. The second-order valence-electron chi connectivity index (χ2n) is 4.74. The Hall–Kier alpha value is -1.11. The van der Waals surface area contributed by atoms with Gasteiger partial charge in [-0.25, -0.2) is 8.42 Å². The van der Waals surface area contributed by atoms with Gasteiger partial charge in [0.05, 0.1) is 17.2 Å². The minimum atomic E-state index is -3.48. The molecule has 0 bridgehead atoms. The lowest BCUT2D eigenvalue weighted by Gasteiger charge is -2.22. The fourth-order valence-corrected chi connectivity index (χ4v) is 4.46. The number of nitrogens with zero attached hydrogens (tertiary/aromatic N) is 1. The third-order valence-electron chi connectivity index (χ3n) is 3.50. The van der Waals surface area contributed by atoms with E-state index in [0.29, 0.717) is 17.2 Å². The molecule has 0 radical (unpaired) electrons. The summed E-state index contributed by atoms with van der Waals surface area (Å²) in [7, 11) is -3.48. The van der Waals surface area contributed by atoms with E-state index in [-0.39, 0.29) is 6.04 Å². The van der Waals surface area contributed by atoms with Gasteiger partial charge < -0.3 is 4.42 Å². The Bertz CT molecular complexity index is 680. The molecule has 106 valence electrons. The Labute approximate surface area is 126 Å². The Balaban J connectivity index is 1.96. The number of benzene rings is 1. The van der Waals surface area contributed by atoms with Crippen molar-refractivity contribution in [3.8, 4) is 0 Å². The molecule has 0 amide bonds. The van der Waals surface area contributed by atoms with E-state index in [9.17, 15) is 8.42 Å². The average Bonchev–Trinajstić information content (AvgIpc) is 3.10. The maximum absolute atomic E-state index is 12.7. The Morgan fingerprint density at radius 1 is 1.20 bits per heavy atom. The molecule has 1 aromatic heterocycles. The van der Waals surface area contributed by atoms with Gasteiger partial charge in [0.2, 0.25) is 10.0 Å². The van der Waals surface area contributed by atoms with Crippen molar-refractivity contribution < 1.29 is 12.8 Å². The number of furan rings is 1. The summed E-state index contributed by atoms with van der Waals surface area (Å²) < 4.78 is 33.2. The van der Waals surface area contributed by atoms with E-state index < -0.39 is 10.0 Å². The molecule has 1 aliphatic heterocycles. The number of halogens is 1. The molecular formula is C14H14BrNO3S. The van der Waals surface area contributed by atoms with E-state index in [1.165, 1.54) is 4.31 Å². The summed E-state index contributed by atoms with van der Waals surface area (Å²) in [6.45, 7) is 0.532. The molecule has 6 heteroatoms. The molecule has 2 aromatic rings. The lowest BCUT2D eigenvalue weighted by atomic mass is 10.2. The van der Waals surface area contributed by atoms with Gasteiger partial charge in [0.1, 0.15) is 5.76 Å². The van der Waals surface area contributed by atoms with Gasteiger partial charge in [-0.3, -0.25) is 0 Å². The van der Waals surface area contributed by atoms with Gasteiger partial charge in [-0.2, -0.15) is 4.31 Å². The van der Waals surface area contributed by atoms with Crippen molar-refractivity contribution in [2.45, 2.75) is 23.8 Å². The van der Waals surface area contributed by atoms with Crippen molar-refractivity contribution >= 4 is 26.0 Å². The van der Waals surface area contributed by atoms with Crippen LogP contribution in [-0.2, 0) is 10.0 Å². The summed E-state index contributed by atoms with van der Waals surface area (Å²) in [4.78, 5) is 0.319. The zero-order chi connectivity index (χ0) is 14.2. The smallest absolute Gasteiger partial charge is 0.243 e. The van der Waals surface area contributed by atoms with Crippen LogP contribution in [0.15, 0.2) is 56.4 Å². The topological polar surface area (TPSA) is 50.5 Å². The molecule has 0 N–H and O–H groups in total. The van der Waals surface area contributed by atoms with Crippen LogP contribution in [0.1, 0.15) is 24.6 Å². The third-order valence-corrected chi connectivity index (χ3v) is 5.95. The van der Waals surface area contributed by atoms with Gasteiger partial charge in [0, 0.05) is 11.0 Å². The van der Waals surface area contributed by atoms with Gasteiger partial charge in [-0.1, -0.05) is 15.9 Å². The zero-order valence-electron chi connectivity index (χ0n) is 10.7. The van der Waals surface area contributed by atoms with E-state index in [1.807, 2.05) is 6.07 Å². The standard InChI is InChI=1S/C14H14BrNO3S/c15-11-5-7-12(8-6-11)20(17,18)16-9-1-3-13(16)14-4-2-10-19-14/h2,4-8,10,13H,1,3,9H2. The Morgan fingerprint density at radius 3 is 2.60 bits per heavy atom. The van der Waals surface area contributed by atoms with Crippen LogP contribution >= 0.6 is 15.9 Å². The second kappa shape index (κ2) is 5.35. The van der Waals surface area contributed by atoms with Crippen LogP contribution in [0.4, 0.5) is 0 Å². The van der Waals surface area contributed by atoms with Crippen LogP contribution in [0.5, 0.6) is 0 Å². The minimum Gasteiger partial charge on any atom is -0.468 e. The van der Waals surface area contributed by atoms with Crippen molar-refractivity contribution in [1.29, 1.82) is 0 Å². The van der Waals surface area contributed by atoms with Gasteiger partial charge >= 0.3 is 0 Å². The average molecular weight is 356 g/mol. The molecule has 1 aromatic carbocycles. The van der Waals surface area contributed by atoms with Gasteiger partial charge in [-0.15, -0.1) is 0 Å². The van der Waals surface area contributed by atoms with Crippen molar-refractivity contribution in [1.82, 2.24) is 4.31 Å². The number of sulfonamides is 1. The van der Waals surface area contributed by atoms with Crippen LogP contribution in [-0.4, -0.2) is 19.3 Å². The lowest BCUT2D eigenvalue weighted by molar-refractivity contribution is 0.340. The summed E-state index contributed by atoms with van der Waals surface area (Å²) >= 11 is 3.32. The molecule has 3 rings (SSSR count). The van der Waals surface area contributed by atoms with Crippen molar-refractivity contribution in [3.63, 3.8) is 0 Å². The van der Waals surface area contributed by atoms with Crippen LogP contribution < -0.4 is 0 Å². The summed E-state index contributed by atoms with van der Waals surface area (Å²) in [5, 5.41) is 0. The lowest BCUT2D eigenvalue weighted by Crippen LogP contribution is -2.30. The minimum absolute atomic E-state index is 0.196. The van der Waals surface area contributed by atoms with Crippen LogP contribution in [0.25, 0.3) is 0 Å². The maximum atomic E-state index is 12.7. The van der Waals surface area contributed by atoms with Crippen molar-refractivity contribution in [2.24, 2.45) is 0 Å². The molecule has 0 saturated carbocycles. The maximum Gasteiger partial charge on any atom is 0.243 e. The van der Waals surface area contributed by atoms with Crippen molar-refractivity contribution in [2.75, 3.05) is 6.54 Å². The van der Waals surface area contributed by atoms with Gasteiger partial charge in [-0.05, 0) is 49.2 Å². The number of hydrogen-bond acceptors (Lipinski definition) is 3. The highest BCUT2D eigenvalue weighted by atomic mass is 79.9. The SMILES string of the molecule is O=S(=O)(c1ccc(Br)cc1)N1CCCC1c1ccco1. The molecule has 4 nitrogen and oxygen atoms in total. The van der Waals surface area contributed by atoms with Gasteiger partial charge in [0.15, 0.2) is 0 Å². The fraction of sp³-hybridized carbons (Fsp3) is 0.286. The summed E-state index contributed by atoms with van der Waals surface area (Å²) in [6, 6.07) is 10.2. The quantitative estimate of drug-likeness (QED) is 0.845. The van der Waals surface area contributed by atoms with E-state index >= 15 is 0 Å². The monoisotopic (exact) mass is 355 g/mol. The molecule has 0 spiro atoms. The predicted octanol–water partition coefficient (Wildman–Crippen LogP) is 3.57. The first-order valence-corrected chi connectivity index (χ1v) is 8.63. The first kappa shape index (κ1) is 13.9. The highest BCUT2D eigenvalue weighted by Crippen LogP contribution is 2.36. The molecule has 1 unspecified atom stereocenters. The Kier molecular flexibility index (Phi) is 3.70. The molecular weight excluding hydrogens is 342 g/mol. The predicted molar refractivity (Wildman–Crippen MR) is 78.7 cm³/mol.